The third-order valence-corrected chi connectivity index (χ3v) is 1.88. The molecule has 0 aromatic carbocycles. The lowest BCUT2D eigenvalue weighted by Crippen LogP contribution is -2.17. The van der Waals surface area contributed by atoms with Gasteiger partial charge in [-0.1, -0.05) is 25.0 Å². The molecule has 0 spiro atoms. The Kier molecular flexibility index (Phi) is 11.4. The predicted molar refractivity (Wildman–Crippen MR) is 70.9 cm³/mol. The van der Waals surface area contributed by atoms with Crippen LogP contribution in [0.2, 0.25) is 0 Å². The van der Waals surface area contributed by atoms with E-state index in [1.165, 1.54) is 0 Å². The maximum atomic E-state index is 10.5. The molecule has 1 rings (SSSR count). The van der Waals surface area contributed by atoms with Crippen molar-refractivity contribution in [1.82, 2.24) is 4.90 Å². The normalized spacial score (nSPS) is 14.1. The molecule has 2 amide bonds. The first-order valence-electron chi connectivity index (χ1n) is 5.46. The minimum atomic E-state index is -0.611. The molecule has 0 aromatic rings. The summed E-state index contributed by atoms with van der Waals surface area (Å²) in [6.45, 7) is 4.49. The molecule has 17 heavy (non-hydrogen) atoms. The highest BCUT2D eigenvalue weighted by molar-refractivity contribution is 7.89. The lowest BCUT2D eigenvalue weighted by Gasteiger charge is -2.03. The Morgan fingerprint density at radius 3 is 1.88 bits per heavy atom. The van der Waals surface area contributed by atoms with Crippen LogP contribution in [0.25, 0.3) is 0 Å². The number of carbonyl (C=O) groups is 2. The molecule has 0 aliphatic carbocycles. The smallest absolute Gasteiger partial charge is 0.222 e. The van der Waals surface area contributed by atoms with Crippen LogP contribution in [0.5, 0.6) is 0 Å². The van der Waals surface area contributed by atoms with Crippen LogP contribution in [0.4, 0.5) is 0 Å². The molecule has 0 atom stereocenters. The number of hydrogen-bond acceptors (Lipinski definition) is 3. The maximum absolute atomic E-state index is 10.5. The van der Waals surface area contributed by atoms with Gasteiger partial charge in [0.15, 0.2) is 0 Å². The third-order valence-electron chi connectivity index (χ3n) is 1.88. The zero-order valence-corrected chi connectivity index (χ0v) is 12.2. The van der Waals surface area contributed by atoms with Crippen LogP contribution in [-0.2, 0) is 20.8 Å². The SMILES string of the molecule is CC(C)C(N)=O.CN1CCCC1=O.C[S+](C)[O-]. The van der Waals surface area contributed by atoms with Crippen LogP contribution in [0.3, 0.4) is 0 Å². The first kappa shape index (κ1) is 18.6. The standard InChI is InChI=1S/C5H9NO.C4H9NO.C2H6OS/c1-6-4-2-3-5(6)7;1-3(2)4(5)6;1-4(2)3/h2-4H2,1H3;3H,1-2H3,(H2,5,6);1-2H3. The molecule has 0 radical (unpaired) electrons. The topological polar surface area (TPSA) is 86.5 Å². The summed E-state index contributed by atoms with van der Waals surface area (Å²) in [7, 11) is 1.84. The van der Waals surface area contributed by atoms with Crippen molar-refractivity contribution in [2.24, 2.45) is 11.7 Å². The summed E-state index contributed by atoms with van der Waals surface area (Å²) in [6.07, 6.45) is 5.09. The van der Waals surface area contributed by atoms with Gasteiger partial charge in [-0.3, -0.25) is 9.59 Å². The molecule has 5 nitrogen and oxygen atoms in total. The van der Waals surface area contributed by atoms with Crippen molar-refractivity contribution in [3.05, 3.63) is 0 Å². The molecule has 6 heteroatoms. The molecule has 2 N–H and O–H groups in total. The lowest BCUT2D eigenvalue weighted by molar-refractivity contribution is -0.126. The van der Waals surface area contributed by atoms with Gasteiger partial charge in [0.25, 0.3) is 0 Å². The first-order valence-corrected chi connectivity index (χ1v) is 7.43. The summed E-state index contributed by atoms with van der Waals surface area (Å²) in [5.74, 6) is 0.0417. The van der Waals surface area contributed by atoms with Crippen molar-refractivity contribution in [1.29, 1.82) is 0 Å². The second-order valence-electron chi connectivity index (χ2n) is 4.22. The van der Waals surface area contributed by atoms with Crippen LogP contribution in [0.15, 0.2) is 0 Å². The van der Waals surface area contributed by atoms with Crippen LogP contribution >= 0.6 is 0 Å². The Labute approximate surface area is 107 Å². The van der Waals surface area contributed by atoms with E-state index in [0.717, 1.165) is 19.4 Å². The van der Waals surface area contributed by atoms with Gasteiger partial charge in [0, 0.05) is 25.9 Å². The number of likely N-dealkylation sites (tertiary alicyclic amines) is 1. The van der Waals surface area contributed by atoms with Crippen molar-refractivity contribution in [3.63, 3.8) is 0 Å². The average molecular weight is 264 g/mol. The number of nitrogens with zero attached hydrogens (tertiary/aromatic N) is 1. The zero-order valence-electron chi connectivity index (χ0n) is 11.4. The zero-order chi connectivity index (χ0) is 14.0. The average Bonchev–Trinajstić information content (AvgIpc) is 2.51. The number of primary amides is 1. The van der Waals surface area contributed by atoms with Crippen molar-refractivity contribution in [3.8, 4) is 0 Å². The summed E-state index contributed by atoms with van der Waals surface area (Å²) in [5.41, 5.74) is 4.80. The molecule has 1 aliphatic heterocycles. The summed E-state index contributed by atoms with van der Waals surface area (Å²) in [6, 6.07) is 0. The highest BCUT2D eigenvalue weighted by atomic mass is 32.2. The Bertz CT molecular complexity index is 230. The van der Waals surface area contributed by atoms with E-state index in [1.807, 2.05) is 7.05 Å². The molecule has 1 aliphatic rings. The molecule has 1 heterocycles. The molecule has 1 fully saturated rings. The molecular weight excluding hydrogens is 240 g/mol. The third kappa shape index (κ3) is 15.2. The highest BCUT2D eigenvalue weighted by Crippen LogP contribution is 2.04. The molecular formula is C11H24N2O3S. The van der Waals surface area contributed by atoms with E-state index < -0.39 is 11.2 Å². The Morgan fingerprint density at radius 1 is 1.47 bits per heavy atom. The van der Waals surface area contributed by atoms with Crippen molar-refractivity contribution < 1.29 is 14.1 Å². The largest absolute Gasteiger partial charge is 0.617 e. The van der Waals surface area contributed by atoms with E-state index in [9.17, 15) is 14.1 Å². The monoisotopic (exact) mass is 264 g/mol. The molecule has 0 saturated carbocycles. The van der Waals surface area contributed by atoms with Crippen molar-refractivity contribution in [2.75, 3.05) is 26.1 Å². The number of carbonyl (C=O) groups excluding carboxylic acids is 2. The Morgan fingerprint density at radius 2 is 1.82 bits per heavy atom. The number of nitrogens with two attached hydrogens (primary N) is 1. The van der Waals surface area contributed by atoms with E-state index >= 15 is 0 Å². The lowest BCUT2D eigenvalue weighted by atomic mass is 10.2. The molecule has 0 aromatic heterocycles. The van der Waals surface area contributed by atoms with Gasteiger partial charge in [-0.05, 0) is 6.42 Å². The van der Waals surface area contributed by atoms with E-state index in [0.29, 0.717) is 5.91 Å². The molecule has 0 unspecified atom stereocenters. The Balaban J connectivity index is 0. The van der Waals surface area contributed by atoms with Gasteiger partial charge in [0.05, 0.1) is 12.5 Å². The van der Waals surface area contributed by atoms with Gasteiger partial charge in [0.1, 0.15) is 0 Å². The van der Waals surface area contributed by atoms with E-state index in [2.05, 4.69) is 0 Å². The van der Waals surface area contributed by atoms with Gasteiger partial charge >= 0.3 is 0 Å². The second kappa shape index (κ2) is 10.4. The van der Waals surface area contributed by atoms with Gasteiger partial charge < -0.3 is 15.2 Å². The van der Waals surface area contributed by atoms with E-state index in [-0.39, 0.29) is 11.8 Å². The maximum Gasteiger partial charge on any atom is 0.222 e. The minimum Gasteiger partial charge on any atom is -0.617 e. The minimum absolute atomic E-state index is 0.00926. The van der Waals surface area contributed by atoms with Crippen molar-refractivity contribution >= 4 is 23.0 Å². The number of rotatable bonds is 1. The van der Waals surface area contributed by atoms with Crippen LogP contribution < -0.4 is 5.73 Å². The first-order chi connectivity index (χ1) is 7.68. The summed E-state index contributed by atoms with van der Waals surface area (Å²) in [4.78, 5) is 22.2. The number of amides is 2. The Hall–Kier alpha value is -0.750. The van der Waals surface area contributed by atoms with Crippen LogP contribution in [-0.4, -0.2) is 47.4 Å². The predicted octanol–water partition coefficient (Wildman–Crippen LogP) is 0.361. The fraction of sp³-hybridized carbons (Fsp3) is 0.818. The fourth-order valence-corrected chi connectivity index (χ4v) is 0.783. The molecule has 1 saturated heterocycles. The number of hydrogen-bond donors (Lipinski definition) is 1. The van der Waals surface area contributed by atoms with E-state index in [1.54, 1.807) is 31.3 Å². The van der Waals surface area contributed by atoms with Gasteiger partial charge in [-0.15, -0.1) is 0 Å². The van der Waals surface area contributed by atoms with Gasteiger partial charge in [0.2, 0.25) is 11.8 Å². The summed E-state index contributed by atoms with van der Waals surface area (Å²) < 4.78 is 9.56. The van der Waals surface area contributed by atoms with Crippen LogP contribution in [0, 0.1) is 5.92 Å². The summed E-state index contributed by atoms with van der Waals surface area (Å²) in [5, 5.41) is 0. The summed E-state index contributed by atoms with van der Waals surface area (Å²) >= 11 is -0.611. The van der Waals surface area contributed by atoms with Gasteiger partial charge in [-0.2, -0.15) is 0 Å². The van der Waals surface area contributed by atoms with Crippen LogP contribution in [0.1, 0.15) is 26.7 Å². The van der Waals surface area contributed by atoms with E-state index in [4.69, 9.17) is 5.73 Å². The quantitative estimate of drug-likeness (QED) is 0.694. The molecule has 0 bridgehead atoms. The molecule has 102 valence electrons. The van der Waals surface area contributed by atoms with Crippen molar-refractivity contribution in [2.45, 2.75) is 26.7 Å². The fourth-order valence-electron chi connectivity index (χ4n) is 0.783. The highest BCUT2D eigenvalue weighted by Gasteiger charge is 2.14. The second-order valence-corrected chi connectivity index (χ2v) is 5.70. The van der Waals surface area contributed by atoms with Gasteiger partial charge in [-0.25, -0.2) is 0 Å².